The Morgan fingerprint density at radius 2 is 2.07 bits per heavy atom. The molecule has 82 valence electrons. The minimum Gasteiger partial charge on any atom is -0.385 e. The van der Waals surface area contributed by atoms with Gasteiger partial charge in [0.1, 0.15) is 0 Å². The summed E-state index contributed by atoms with van der Waals surface area (Å²) in [5.74, 6) is 1.03. The van der Waals surface area contributed by atoms with Crippen LogP contribution in [0.1, 0.15) is 32.6 Å². The van der Waals surface area contributed by atoms with E-state index in [-0.39, 0.29) is 5.91 Å². The molecule has 0 N–H and O–H groups in total. The lowest BCUT2D eigenvalue weighted by Gasteiger charge is -2.31. The third kappa shape index (κ3) is 3.66. The van der Waals surface area contributed by atoms with E-state index >= 15 is 0 Å². The number of ether oxygens (including phenoxy) is 1. The fourth-order valence-corrected chi connectivity index (χ4v) is 2.05. The van der Waals surface area contributed by atoms with Gasteiger partial charge in [-0.25, -0.2) is 0 Å². The highest BCUT2D eigenvalue weighted by Gasteiger charge is 2.19. The molecule has 1 aliphatic rings. The number of hydrogen-bond acceptors (Lipinski definition) is 2. The van der Waals surface area contributed by atoms with Gasteiger partial charge in [-0.2, -0.15) is 0 Å². The molecule has 0 spiro atoms. The van der Waals surface area contributed by atoms with Crippen LogP contribution in [0, 0.1) is 5.92 Å². The average molecular weight is 199 g/mol. The summed E-state index contributed by atoms with van der Waals surface area (Å²) < 4.78 is 5.03. The standard InChI is InChI=1S/C11H21NO2/c1-10(13)12-7-5-11(6-8-12)4-3-9-14-2/h11H,3-9H2,1-2H3. The van der Waals surface area contributed by atoms with Crippen LogP contribution < -0.4 is 0 Å². The van der Waals surface area contributed by atoms with Crippen molar-refractivity contribution in [3.05, 3.63) is 0 Å². The fourth-order valence-electron chi connectivity index (χ4n) is 2.05. The lowest BCUT2D eigenvalue weighted by atomic mass is 9.92. The van der Waals surface area contributed by atoms with Crippen molar-refractivity contribution in [3.8, 4) is 0 Å². The first kappa shape index (κ1) is 11.5. The lowest BCUT2D eigenvalue weighted by molar-refractivity contribution is -0.130. The predicted octanol–water partition coefficient (Wildman–Crippen LogP) is 1.67. The Balaban J connectivity index is 2.12. The van der Waals surface area contributed by atoms with Gasteiger partial charge in [-0.15, -0.1) is 0 Å². The topological polar surface area (TPSA) is 29.5 Å². The number of carbonyl (C=O) groups excluding carboxylic acids is 1. The van der Waals surface area contributed by atoms with E-state index in [0.29, 0.717) is 0 Å². The normalized spacial score (nSPS) is 18.6. The van der Waals surface area contributed by atoms with Crippen molar-refractivity contribution in [1.29, 1.82) is 0 Å². The number of hydrogen-bond donors (Lipinski definition) is 0. The second-order valence-electron chi connectivity index (χ2n) is 4.08. The van der Waals surface area contributed by atoms with Crippen molar-refractivity contribution in [2.45, 2.75) is 32.6 Å². The summed E-state index contributed by atoms with van der Waals surface area (Å²) in [7, 11) is 1.75. The highest BCUT2D eigenvalue weighted by Crippen LogP contribution is 2.21. The molecule has 0 aromatic heterocycles. The molecule has 1 rings (SSSR count). The first-order valence-corrected chi connectivity index (χ1v) is 5.48. The van der Waals surface area contributed by atoms with E-state index in [9.17, 15) is 4.79 Å². The molecule has 14 heavy (non-hydrogen) atoms. The molecule has 3 nitrogen and oxygen atoms in total. The number of methoxy groups -OCH3 is 1. The van der Waals surface area contributed by atoms with Crippen molar-refractivity contribution in [2.24, 2.45) is 5.92 Å². The molecule has 1 fully saturated rings. The summed E-state index contributed by atoms with van der Waals surface area (Å²) >= 11 is 0. The molecule has 0 radical (unpaired) electrons. The van der Waals surface area contributed by atoms with Gasteiger partial charge in [0.05, 0.1) is 0 Å². The van der Waals surface area contributed by atoms with Gasteiger partial charge >= 0.3 is 0 Å². The van der Waals surface area contributed by atoms with Gasteiger partial charge in [0.25, 0.3) is 0 Å². The predicted molar refractivity (Wildman–Crippen MR) is 56.1 cm³/mol. The van der Waals surface area contributed by atoms with Gasteiger partial charge in [-0.05, 0) is 31.6 Å². The minimum atomic E-state index is 0.223. The van der Waals surface area contributed by atoms with Crippen molar-refractivity contribution >= 4 is 5.91 Å². The van der Waals surface area contributed by atoms with Crippen LogP contribution in [0.5, 0.6) is 0 Å². The van der Waals surface area contributed by atoms with E-state index in [4.69, 9.17) is 4.74 Å². The van der Waals surface area contributed by atoms with E-state index in [1.807, 2.05) is 4.90 Å². The van der Waals surface area contributed by atoms with Gasteiger partial charge in [-0.3, -0.25) is 4.79 Å². The van der Waals surface area contributed by atoms with Crippen LogP contribution in [-0.4, -0.2) is 37.6 Å². The highest BCUT2D eigenvalue weighted by molar-refractivity contribution is 5.73. The molecule has 1 heterocycles. The molecular formula is C11H21NO2. The second kappa shape index (κ2) is 6.02. The van der Waals surface area contributed by atoms with Crippen molar-refractivity contribution in [1.82, 2.24) is 4.90 Å². The summed E-state index contributed by atoms with van der Waals surface area (Å²) in [6, 6.07) is 0. The average Bonchev–Trinajstić information content (AvgIpc) is 2.19. The summed E-state index contributed by atoms with van der Waals surface area (Å²) in [5, 5.41) is 0. The lowest BCUT2D eigenvalue weighted by Crippen LogP contribution is -2.36. The molecule has 1 amide bonds. The molecule has 0 saturated carbocycles. The Morgan fingerprint density at radius 3 is 2.57 bits per heavy atom. The van der Waals surface area contributed by atoms with E-state index < -0.39 is 0 Å². The largest absolute Gasteiger partial charge is 0.385 e. The molecule has 1 aliphatic heterocycles. The van der Waals surface area contributed by atoms with Crippen LogP contribution in [-0.2, 0) is 9.53 Å². The van der Waals surface area contributed by atoms with E-state index in [1.54, 1.807) is 14.0 Å². The van der Waals surface area contributed by atoms with Crippen LogP contribution in [0.25, 0.3) is 0 Å². The molecule has 0 atom stereocenters. The van der Waals surface area contributed by atoms with Gasteiger partial charge in [0.2, 0.25) is 5.91 Å². The minimum absolute atomic E-state index is 0.223. The number of carbonyl (C=O) groups is 1. The number of nitrogens with zero attached hydrogens (tertiary/aromatic N) is 1. The van der Waals surface area contributed by atoms with Gasteiger partial charge in [0, 0.05) is 33.7 Å². The van der Waals surface area contributed by atoms with E-state index in [1.165, 1.54) is 19.3 Å². The number of likely N-dealkylation sites (tertiary alicyclic amines) is 1. The monoisotopic (exact) mass is 199 g/mol. The molecule has 0 bridgehead atoms. The first-order valence-electron chi connectivity index (χ1n) is 5.48. The van der Waals surface area contributed by atoms with Crippen LogP contribution >= 0.6 is 0 Å². The molecule has 1 saturated heterocycles. The zero-order valence-corrected chi connectivity index (χ0v) is 9.29. The molecule has 0 aromatic rings. The Bertz CT molecular complexity index is 174. The van der Waals surface area contributed by atoms with Gasteiger partial charge in [-0.1, -0.05) is 0 Å². The summed E-state index contributed by atoms with van der Waals surface area (Å²) in [6.45, 7) is 4.43. The molecule has 0 aromatic carbocycles. The number of piperidine rings is 1. The van der Waals surface area contributed by atoms with Gasteiger partial charge < -0.3 is 9.64 Å². The Labute approximate surface area is 86.4 Å². The van der Waals surface area contributed by atoms with Crippen LogP contribution in [0.3, 0.4) is 0 Å². The highest BCUT2D eigenvalue weighted by atomic mass is 16.5. The molecular weight excluding hydrogens is 178 g/mol. The Morgan fingerprint density at radius 1 is 1.43 bits per heavy atom. The molecule has 3 heteroatoms. The van der Waals surface area contributed by atoms with Crippen LogP contribution in [0.2, 0.25) is 0 Å². The first-order chi connectivity index (χ1) is 6.74. The van der Waals surface area contributed by atoms with E-state index in [0.717, 1.165) is 32.0 Å². The van der Waals surface area contributed by atoms with Crippen LogP contribution in [0.15, 0.2) is 0 Å². The molecule has 0 unspecified atom stereocenters. The fraction of sp³-hybridized carbons (Fsp3) is 0.909. The number of amides is 1. The second-order valence-corrected chi connectivity index (χ2v) is 4.08. The summed E-state index contributed by atoms with van der Waals surface area (Å²) in [4.78, 5) is 13.0. The smallest absolute Gasteiger partial charge is 0.219 e. The quantitative estimate of drug-likeness (QED) is 0.645. The SMILES string of the molecule is COCCCC1CCN(C(C)=O)CC1. The van der Waals surface area contributed by atoms with Crippen molar-refractivity contribution in [3.63, 3.8) is 0 Å². The maximum absolute atomic E-state index is 11.1. The Hall–Kier alpha value is -0.570. The zero-order chi connectivity index (χ0) is 10.4. The zero-order valence-electron chi connectivity index (χ0n) is 9.29. The molecule has 0 aliphatic carbocycles. The third-order valence-electron chi connectivity index (χ3n) is 3.02. The van der Waals surface area contributed by atoms with E-state index in [2.05, 4.69) is 0 Å². The number of rotatable bonds is 4. The van der Waals surface area contributed by atoms with Gasteiger partial charge in [0.15, 0.2) is 0 Å². The van der Waals surface area contributed by atoms with Crippen molar-refractivity contribution in [2.75, 3.05) is 26.8 Å². The third-order valence-corrected chi connectivity index (χ3v) is 3.02. The maximum atomic E-state index is 11.1. The summed E-state index contributed by atoms with van der Waals surface area (Å²) in [5.41, 5.74) is 0. The maximum Gasteiger partial charge on any atom is 0.219 e. The van der Waals surface area contributed by atoms with Crippen LogP contribution in [0.4, 0.5) is 0 Å². The summed E-state index contributed by atoms with van der Waals surface area (Å²) in [6.07, 6.45) is 4.74. The van der Waals surface area contributed by atoms with Crippen molar-refractivity contribution < 1.29 is 9.53 Å². The Kier molecular flexibility index (Phi) is 4.94.